The van der Waals surface area contributed by atoms with E-state index in [0.717, 1.165) is 20.7 Å². The van der Waals surface area contributed by atoms with Gasteiger partial charge in [0.25, 0.3) is 0 Å². The lowest BCUT2D eigenvalue weighted by molar-refractivity contribution is 0.455. The zero-order valence-corrected chi connectivity index (χ0v) is 11.0. The summed E-state index contributed by atoms with van der Waals surface area (Å²) >= 11 is 8.61. The maximum atomic E-state index is 5.53. The fourth-order valence-corrected chi connectivity index (χ4v) is 3.05. The molecule has 1 aromatic heterocycles. The van der Waals surface area contributed by atoms with Gasteiger partial charge in [-0.3, -0.25) is 5.32 Å². The molecule has 0 spiro atoms. The molecule has 0 saturated carbocycles. The maximum Gasteiger partial charge on any atom is 0.183 e. The van der Waals surface area contributed by atoms with E-state index >= 15 is 0 Å². The number of halogens is 2. The van der Waals surface area contributed by atoms with Crippen molar-refractivity contribution in [1.29, 1.82) is 0 Å². The highest BCUT2D eigenvalue weighted by Crippen LogP contribution is 2.37. The predicted molar refractivity (Wildman–Crippen MR) is 61.9 cm³/mol. The minimum Gasteiger partial charge on any atom is -0.451 e. The Morgan fingerprint density at radius 2 is 2.38 bits per heavy atom. The molecule has 1 aliphatic rings. The van der Waals surface area contributed by atoms with E-state index in [1.165, 1.54) is 0 Å². The molecule has 1 aromatic rings. The van der Waals surface area contributed by atoms with Crippen LogP contribution < -0.4 is 5.32 Å². The number of nitrogens with one attached hydrogen (secondary N) is 1. The molecule has 1 aliphatic heterocycles. The lowest BCUT2D eigenvalue weighted by atomic mass is 10.3. The van der Waals surface area contributed by atoms with Gasteiger partial charge in [0, 0.05) is 11.8 Å². The SMILES string of the molecule is CC1CSC(c2cc(Br)c(Br)o2)N1. The summed E-state index contributed by atoms with van der Waals surface area (Å²) in [6.07, 6.45) is 0. The second-order valence-corrected chi connectivity index (χ2v) is 5.76. The van der Waals surface area contributed by atoms with Crippen molar-refractivity contribution in [3.63, 3.8) is 0 Å². The van der Waals surface area contributed by atoms with Gasteiger partial charge in [-0.1, -0.05) is 0 Å². The molecule has 0 amide bonds. The van der Waals surface area contributed by atoms with Gasteiger partial charge in [-0.25, -0.2) is 0 Å². The van der Waals surface area contributed by atoms with E-state index in [0.29, 0.717) is 11.4 Å². The molecule has 0 bridgehead atoms. The molecule has 1 saturated heterocycles. The van der Waals surface area contributed by atoms with Gasteiger partial charge < -0.3 is 4.42 Å². The Kier molecular flexibility index (Phi) is 3.07. The number of rotatable bonds is 1. The second kappa shape index (κ2) is 3.96. The molecule has 0 aliphatic carbocycles. The Balaban J connectivity index is 2.17. The molecule has 2 atom stereocenters. The highest BCUT2D eigenvalue weighted by atomic mass is 79.9. The fraction of sp³-hybridized carbons (Fsp3) is 0.500. The minimum atomic E-state index is 0.303. The zero-order chi connectivity index (χ0) is 9.42. The molecular weight excluding hydrogens is 318 g/mol. The van der Waals surface area contributed by atoms with E-state index in [2.05, 4.69) is 44.1 Å². The van der Waals surface area contributed by atoms with E-state index < -0.39 is 0 Å². The van der Waals surface area contributed by atoms with Gasteiger partial charge in [-0.2, -0.15) is 0 Å². The Morgan fingerprint density at radius 1 is 1.62 bits per heavy atom. The molecule has 2 unspecified atom stereocenters. The van der Waals surface area contributed by atoms with Crippen LogP contribution in [0.15, 0.2) is 19.6 Å². The van der Waals surface area contributed by atoms with E-state index in [1.54, 1.807) is 0 Å². The van der Waals surface area contributed by atoms with Crippen molar-refractivity contribution in [3.8, 4) is 0 Å². The van der Waals surface area contributed by atoms with Gasteiger partial charge in [0.15, 0.2) is 4.67 Å². The lowest BCUT2D eigenvalue weighted by Gasteiger charge is -2.06. The summed E-state index contributed by atoms with van der Waals surface area (Å²) in [6.45, 7) is 2.18. The van der Waals surface area contributed by atoms with Crippen LogP contribution in [0.2, 0.25) is 0 Å². The van der Waals surface area contributed by atoms with Gasteiger partial charge in [0.2, 0.25) is 0 Å². The average Bonchev–Trinajstić information content (AvgIpc) is 2.61. The third-order valence-corrected chi connectivity index (χ3v) is 4.98. The Hall–Kier alpha value is 0.550. The molecule has 1 N–H and O–H groups in total. The molecule has 0 aromatic carbocycles. The van der Waals surface area contributed by atoms with Crippen molar-refractivity contribution in [3.05, 3.63) is 21.0 Å². The summed E-state index contributed by atoms with van der Waals surface area (Å²) in [6, 6.07) is 2.57. The molecule has 2 heterocycles. The van der Waals surface area contributed by atoms with Crippen molar-refractivity contribution in [1.82, 2.24) is 5.32 Å². The Bertz CT molecular complexity index is 296. The van der Waals surface area contributed by atoms with Crippen molar-refractivity contribution in [2.45, 2.75) is 18.3 Å². The highest BCUT2D eigenvalue weighted by Gasteiger charge is 2.25. The van der Waals surface area contributed by atoms with Gasteiger partial charge in [-0.05, 0) is 44.8 Å². The smallest absolute Gasteiger partial charge is 0.183 e. The van der Waals surface area contributed by atoms with Crippen LogP contribution in [0.1, 0.15) is 18.1 Å². The van der Waals surface area contributed by atoms with Crippen molar-refractivity contribution in [2.24, 2.45) is 0 Å². The molecule has 1 fully saturated rings. The molecule has 72 valence electrons. The summed E-state index contributed by atoms with van der Waals surface area (Å²) in [5.41, 5.74) is 0. The summed E-state index contributed by atoms with van der Waals surface area (Å²) in [5.74, 6) is 2.12. The first-order chi connectivity index (χ1) is 6.16. The molecule has 2 nitrogen and oxygen atoms in total. The third kappa shape index (κ3) is 2.14. The van der Waals surface area contributed by atoms with Crippen molar-refractivity contribution >= 4 is 43.6 Å². The molecule has 13 heavy (non-hydrogen) atoms. The van der Waals surface area contributed by atoms with Gasteiger partial charge in [0.1, 0.15) is 11.1 Å². The van der Waals surface area contributed by atoms with Crippen LogP contribution in [0.3, 0.4) is 0 Å². The van der Waals surface area contributed by atoms with E-state index in [4.69, 9.17) is 4.42 Å². The Labute approximate surface area is 98.1 Å². The molecule has 2 rings (SSSR count). The number of hydrogen-bond acceptors (Lipinski definition) is 3. The van der Waals surface area contributed by atoms with Crippen molar-refractivity contribution < 1.29 is 4.42 Å². The van der Waals surface area contributed by atoms with Gasteiger partial charge in [0.05, 0.1) is 4.47 Å². The summed E-state index contributed by atoms with van der Waals surface area (Å²) in [5, 5.41) is 3.74. The van der Waals surface area contributed by atoms with Crippen molar-refractivity contribution in [2.75, 3.05) is 5.75 Å². The van der Waals surface area contributed by atoms with Crippen LogP contribution in [0.25, 0.3) is 0 Å². The lowest BCUT2D eigenvalue weighted by Crippen LogP contribution is -2.21. The second-order valence-electron chi connectivity index (χ2n) is 3.05. The topological polar surface area (TPSA) is 25.2 Å². The van der Waals surface area contributed by atoms with Crippen LogP contribution in [0.5, 0.6) is 0 Å². The van der Waals surface area contributed by atoms with E-state index in [-0.39, 0.29) is 0 Å². The van der Waals surface area contributed by atoms with Crippen LogP contribution in [-0.4, -0.2) is 11.8 Å². The first kappa shape index (κ1) is 10.1. The summed E-state index contributed by atoms with van der Waals surface area (Å²) in [4.78, 5) is 0. The summed E-state index contributed by atoms with van der Waals surface area (Å²) in [7, 11) is 0. The average molecular weight is 327 g/mol. The van der Waals surface area contributed by atoms with E-state index in [9.17, 15) is 0 Å². The van der Waals surface area contributed by atoms with Crippen LogP contribution in [-0.2, 0) is 0 Å². The monoisotopic (exact) mass is 325 g/mol. The number of hydrogen-bond donors (Lipinski definition) is 1. The maximum absolute atomic E-state index is 5.53. The largest absolute Gasteiger partial charge is 0.451 e. The van der Waals surface area contributed by atoms with Gasteiger partial charge >= 0.3 is 0 Å². The van der Waals surface area contributed by atoms with Crippen LogP contribution in [0.4, 0.5) is 0 Å². The molecular formula is C8H9Br2NOS. The first-order valence-electron chi connectivity index (χ1n) is 3.99. The quantitative estimate of drug-likeness (QED) is 0.854. The Morgan fingerprint density at radius 3 is 2.85 bits per heavy atom. The normalized spacial score (nSPS) is 28.2. The first-order valence-corrected chi connectivity index (χ1v) is 6.62. The van der Waals surface area contributed by atoms with E-state index in [1.807, 2.05) is 17.8 Å². The highest BCUT2D eigenvalue weighted by molar-refractivity contribution is 9.13. The zero-order valence-electron chi connectivity index (χ0n) is 7.01. The minimum absolute atomic E-state index is 0.303. The van der Waals surface area contributed by atoms with Crippen LogP contribution in [0, 0.1) is 0 Å². The number of furan rings is 1. The predicted octanol–water partition coefficient (Wildman–Crippen LogP) is 3.53. The standard InChI is InChI=1S/C8H9Br2NOS/c1-4-3-13-8(11-4)6-2-5(9)7(10)12-6/h2,4,8,11H,3H2,1H3. The molecule has 5 heteroatoms. The number of thioether (sulfide) groups is 1. The van der Waals surface area contributed by atoms with Crippen LogP contribution >= 0.6 is 43.6 Å². The fourth-order valence-electron chi connectivity index (χ4n) is 1.25. The third-order valence-electron chi connectivity index (χ3n) is 1.87. The molecule has 0 radical (unpaired) electrons. The summed E-state index contributed by atoms with van der Waals surface area (Å²) < 4.78 is 7.28. The van der Waals surface area contributed by atoms with Gasteiger partial charge in [-0.15, -0.1) is 11.8 Å².